The Labute approximate surface area is 143 Å². The number of carbonyl (C=O) groups excluding carboxylic acids is 3. The fourth-order valence-corrected chi connectivity index (χ4v) is 2.80. The van der Waals surface area contributed by atoms with Crippen molar-refractivity contribution >= 4 is 40.8 Å². The Hall–Kier alpha value is -1.67. The van der Waals surface area contributed by atoms with E-state index >= 15 is 0 Å². The molecule has 0 aliphatic carbocycles. The van der Waals surface area contributed by atoms with Crippen molar-refractivity contribution < 1.29 is 23.7 Å². The number of aryl methyl sites for hydroxylation is 2. The Morgan fingerprint density at radius 1 is 1.22 bits per heavy atom. The van der Waals surface area contributed by atoms with E-state index in [0.29, 0.717) is 5.56 Å². The zero-order chi connectivity index (χ0) is 17.1. The van der Waals surface area contributed by atoms with E-state index in [-0.39, 0.29) is 18.9 Å². The van der Waals surface area contributed by atoms with E-state index in [2.05, 4.69) is 15.9 Å². The molecule has 1 saturated heterocycles. The monoisotopic (exact) mass is 381 g/mol. The fourth-order valence-electron chi connectivity index (χ4n) is 2.34. The summed E-state index contributed by atoms with van der Waals surface area (Å²) in [5, 5.41) is 0. The molecule has 0 aromatic heterocycles. The van der Waals surface area contributed by atoms with Crippen LogP contribution in [0.3, 0.4) is 0 Å². The minimum atomic E-state index is -1.28. The molecule has 1 aliphatic rings. The smallest absolute Gasteiger partial charge is 0.497 e. The second kappa shape index (κ2) is 7.27. The van der Waals surface area contributed by atoms with Crippen LogP contribution in [0.4, 0.5) is 0 Å². The molecule has 6 nitrogen and oxygen atoms in total. The average molecular weight is 382 g/mol. The molecule has 0 bridgehead atoms. The van der Waals surface area contributed by atoms with Gasteiger partial charge in [-0.15, -0.1) is 0 Å². The Kier molecular flexibility index (Phi) is 5.59. The maximum absolute atomic E-state index is 12.6. The Morgan fingerprint density at radius 2 is 1.78 bits per heavy atom. The number of hydrogen-bond donors (Lipinski definition) is 0. The van der Waals surface area contributed by atoms with Crippen molar-refractivity contribution in [2.24, 2.45) is 0 Å². The topological polar surface area (TPSA) is 72.9 Å². The molecule has 122 valence electrons. The standard InChI is InChI=1S/C15H17BBrNO5/c1-9-4-5-11(10(2)6-9)14(21)15(17)16-22-12(19)7-18(3)8-13(20)23-16/h4-6,15H,7-8H2,1-3H3/t15-/m0/s1. The zero-order valence-corrected chi connectivity index (χ0v) is 14.8. The largest absolute Gasteiger partial charge is 0.621 e. The quantitative estimate of drug-likeness (QED) is 0.446. The van der Waals surface area contributed by atoms with Gasteiger partial charge in [0.1, 0.15) is 4.73 Å². The number of rotatable bonds is 3. The summed E-state index contributed by atoms with van der Waals surface area (Å²) in [6, 6.07) is 5.42. The average Bonchev–Trinajstić information content (AvgIpc) is 2.43. The molecule has 0 radical (unpaired) electrons. The number of alkyl halides is 1. The third kappa shape index (κ3) is 4.42. The molecular formula is C15H17BBrNO5. The first kappa shape index (κ1) is 17.7. The van der Waals surface area contributed by atoms with Crippen LogP contribution in [0.25, 0.3) is 0 Å². The van der Waals surface area contributed by atoms with E-state index in [0.717, 1.165) is 11.1 Å². The van der Waals surface area contributed by atoms with Crippen LogP contribution in [0.5, 0.6) is 0 Å². The van der Waals surface area contributed by atoms with Gasteiger partial charge in [0.15, 0.2) is 5.78 Å². The molecule has 2 rings (SSSR count). The van der Waals surface area contributed by atoms with Gasteiger partial charge in [-0.2, -0.15) is 0 Å². The van der Waals surface area contributed by atoms with Gasteiger partial charge in [0.25, 0.3) is 0 Å². The van der Waals surface area contributed by atoms with Gasteiger partial charge >= 0.3 is 19.1 Å². The number of hydrogen-bond acceptors (Lipinski definition) is 6. The molecule has 1 atom stereocenters. The van der Waals surface area contributed by atoms with Crippen molar-refractivity contribution in [3.63, 3.8) is 0 Å². The summed E-state index contributed by atoms with van der Waals surface area (Å²) in [5.41, 5.74) is 2.34. The highest BCUT2D eigenvalue weighted by molar-refractivity contribution is 9.10. The van der Waals surface area contributed by atoms with Crippen molar-refractivity contribution in [3.05, 3.63) is 34.9 Å². The molecule has 1 fully saturated rings. The highest BCUT2D eigenvalue weighted by atomic mass is 79.9. The highest BCUT2D eigenvalue weighted by Gasteiger charge is 2.43. The summed E-state index contributed by atoms with van der Waals surface area (Å²) < 4.78 is 9.26. The maximum Gasteiger partial charge on any atom is 0.621 e. The summed E-state index contributed by atoms with van der Waals surface area (Å²) >= 11 is 3.21. The SMILES string of the molecule is Cc1ccc(C(=O)[C@H](Br)B2OC(=O)CN(C)CC(=O)O2)c(C)c1. The van der Waals surface area contributed by atoms with Crippen molar-refractivity contribution in [1.29, 1.82) is 0 Å². The predicted molar refractivity (Wildman–Crippen MR) is 88.4 cm³/mol. The summed E-state index contributed by atoms with van der Waals surface area (Å²) in [4.78, 5) is 37.6. The van der Waals surface area contributed by atoms with Crippen molar-refractivity contribution in [3.8, 4) is 0 Å². The van der Waals surface area contributed by atoms with Crippen LogP contribution in [-0.4, -0.2) is 54.6 Å². The van der Waals surface area contributed by atoms with Crippen LogP contribution < -0.4 is 0 Å². The van der Waals surface area contributed by atoms with Crippen LogP contribution in [0.1, 0.15) is 21.5 Å². The Bertz CT molecular complexity index is 631. The van der Waals surface area contributed by atoms with Crippen LogP contribution in [-0.2, 0) is 18.9 Å². The minimum Gasteiger partial charge on any atom is -0.497 e. The van der Waals surface area contributed by atoms with Gasteiger partial charge in [-0.25, -0.2) is 0 Å². The predicted octanol–water partition coefficient (Wildman–Crippen LogP) is 1.31. The van der Waals surface area contributed by atoms with Gasteiger partial charge in [0, 0.05) is 5.56 Å². The van der Waals surface area contributed by atoms with Gasteiger partial charge in [-0.1, -0.05) is 39.7 Å². The second-order valence-electron chi connectivity index (χ2n) is 5.60. The molecule has 1 aromatic carbocycles. The Balaban J connectivity index is 2.19. The lowest BCUT2D eigenvalue weighted by atomic mass is 9.79. The van der Waals surface area contributed by atoms with Crippen molar-refractivity contribution in [2.45, 2.75) is 18.6 Å². The van der Waals surface area contributed by atoms with Gasteiger partial charge in [0.05, 0.1) is 13.1 Å². The maximum atomic E-state index is 12.6. The molecule has 0 unspecified atom stereocenters. The lowest BCUT2D eigenvalue weighted by Gasteiger charge is -2.24. The van der Waals surface area contributed by atoms with E-state index in [4.69, 9.17) is 9.31 Å². The van der Waals surface area contributed by atoms with Crippen LogP contribution in [0, 0.1) is 13.8 Å². The molecule has 0 spiro atoms. The van der Waals surface area contributed by atoms with Gasteiger partial charge < -0.3 is 9.31 Å². The number of benzene rings is 1. The summed E-state index contributed by atoms with van der Waals surface area (Å²) in [5.74, 6) is -1.41. The minimum absolute atomic E-state index is 0.0386. The van der Waals surface area contributed by atoms with Crippen molar-refractivity contribution in [1.82, 2.24) is 4.90 Å². The molecule has 0 N–H and O–H groups in total. The third-order valence-corrected chi connectivity index (χ3v) is 4.28. The first-order valence-electron chi connectivity index (χ1n) is 7.11. The molecule has 1 heterocycles. The van der Waals surface area contributed by atoms with Gasteiger partial charge in [-0.3, -0.25) is 19.3 Å². The lowest BCUT2D eigenvalue weighted by molar-refractivity contribution is -0.145. The summed E-state index contributed by atoms with van der Waals surface area (Å²) in [6.45, 7) is 3.68. The second-order valence-corrected chi connectivity index (χ2v) is 6.59. The fraction of sp³-hybridized carbons (Fsp3) is 0.400. The van der Waals surface area contributed by atoms with E-state index < -0.39 is 23.8 Å². The number of nitrogens with zero attached hydrogens (tertiary/aromatic N) is 1. The molecule has 0 saturated carbocycles. The summed E-state index contributed by atoms with van der Waals surface area (Å²) in [7, 11) is 0.326. The van der Waals surface area contributed by atoms with Crippen LogP contribution >= 0.6 is 15.9 Å². The zero-order valence-electron chi connectivity index (χ0n) is 13.2. The molecule has 23 heavy (non-hydrogen) atoms. The number of Topliss-reactive ketones (excluding diaryl/α,β-unsaturated/α-hetero) is 1. The van der Waals surface area contributed by atoms with Gasteiger partial charge in [-0.05, 0) is 26.5 Å². The van der Waals surface area contributed by atoms with Gasteiger partial charge in [0.2, 0.25) is 0 Å². The summed E-state index contributed by atoms with van der Waals surface area (Å²) in [6.07, 6.45) is 0. The molecule has 0 amide bonds. The van der Waals surface area contributed by atoms with Crippen LogP contribution in [0.15, 0.2) is 18.2 Å². The Morgan fingerprint density at radius 3 is 2.30 bits per heavy atom. The van der Waals surface area contributed by atoms with E-state index in [1.807, 2.05) is 26.0 Å². The molecular weight excluding hydrogens is 365 g/mol. The number of ketones is 1. The first-order valence-corrected chi connectivity index (χ1v) is 8.02. The number of likely N-dealkylation sites (N-methyl/N-ethyl adjacent to an activating group) is 1. The molecule has 8 heteroatoms. The van der Waals surface area contributed by atoms with Crippen LogP contribution in [0.2, 0.25) is 0 Å². The normalized spacial score (nSPS) is 17.8. The highest BCUT2D eigenvalue weighted by Crippen LogP contribution is 2.20. The van der Waals surface area contributed by atoms with E-state index in [9.17, 15) is 14.4 Å². The lowest BCUT2D eigenvalue weighted by Crippen LogP contribution is -2.48. The molecule has 1 aliphatic heterocycles. The number of carbonyl (C=O) groups is 3. The number of halogens is 1. The van der Waals surface area contributed by atoms with E-state index in [1.165, 1.54) is 4.90 Å². The first-order chi connectivity index (χ1) is 10.8. The molecule has 1 aromatic rings. The third-order valence-electron chi connectivity index (χ3n) is 3.43. The van der Waals surface area contributed by atoms with E-state index in [1.54, 1.807) is 13.1 Å². The van der Waals surface area contributed by atoms with Crippen molar-refractivity contribution in [2.75, 3.05) is 20.1 Å².